The molecule has 2 aromatic rings. The fourth-order valence-corrected chi connectivity index (χ4v) is 3.93. The number of aromatic nitrogens is 2. The summed E-state index contributed by atoms with van der Waals surface area (Å²) in [6.45, 7) is 1.40. The van der Waals surface area contributed by atoms with Gasteiger partial charge >= 0.3 is 0 Å². The van der Waals surface area contributed by atoms with Gasteiger partial charge in [0.2, 0.25) is 10.0 Å². The Kier molecular flexibility index (Phi) is 4.93. The number of nitrogens with one attached hydrogen (secondary N) is 2. The topological polar surface area (TPSA) is 93.1 Å². The van der Waals surface area contributed by atoms with Gasteiger partial charge in [0.05, 0.1) is 21.8 Å². The summed E-state index contributed by atoms with van der Waals surface area (Å²) in [5.41, 5.74) is -0.185. The number of rotatable bonds is 4. The van der Waals surface area contributed by atoms with E-state index in [9.17, 15) is 13.2 Å². The van der Waals surface area contributed by atoms with Gasteiger partial charge in [-0.3, -0.25) is 4.79 Å². The molecule has 7 nitrogen and oxygen atoms in total. The molecule has 10 heteroatoms. The number of benzene rings is 1. The van der Waals surface area contributed by atoms with Crippen molar-refractivity contribution in [2.24, 2.45) is 0 Å². The standard InChI is InChI=1S/C14H14Cl2N4O3S/c15-12-8-18-20(14(21)13(12)16)10-1-3-11(4-2-10)24(22,23)19-9-5-6-17-7-9/h1-4,8-9,17,19H,5-7H2. The minimum Gasteiger partial charge on any atom is -0.315 e. The van der Waals surface area contributed by atoms with Gasteiger partial charge in [0, 0.05) is 12.6 Å². The SMILES string of the molecule is O=c1c(Cl)c(Cl)cnn1-c1ccc(S(=O)(=O)NC2CCNC2)cc1. The molecule has 2 N–H and O–H groups in total. The minimum absolute atomic E-state index is 0.0616. The van der Waals surface area contributed by atoms with Gasteiger partial charge in [-0.15, -0.1) is 0 Å². The summed E-state index contributed by atoms with van der Waals surface area (Å²) in [6.07, 6.45) is 2.00. The van der Waals surface area contributed by atoms with Gasteiger partial charge in [0.1, 0.15) is 5.02 Å². The molecular formula is C14H14Cl2N4O3S. The predicted molar refractivity (Wildman–Crippen MR) is 91.5 cm³/mol. The Hall–Kier alpha value is -1.45. The normalized spacial score (nSPS) is 18.0. The highest BCUT2D eigenvalue weighted by molar-refractivity contribution is 7.89. The molecular weight excluding hydrogens is 375 g/mol. The van der Waals surface area contributed by atoms with Crippen molar-refractivity contribution in [2.75, 3.05) is 13.1 Å². The molecule has 128 valence electrons. The van der Waals surface area contributed by atoms with E-state index in [1.165, 1.54) is 30.5 Å². The van der Waals surface area contributed by atoms with E-state index in [1.807, 2.05) is 0 Å². The molecule has 24 heavy (non-hydrogen) atoms. The van der Waals surface area contributed by atoms with Crippen molar-refractivity contribution in [2.45, 2.75) is 17.4 Å². The van der Waals surface area contributed by atoms with Crippen LogP contribution in [-0.2, 0) is 10.0 Å². The predicted octanol–water partition coefficient (Wildman–Crippen LogP) is 1.18. The molecule has 0 amide bonds. The van der Waals surface area contributed by atoms with Crippen LogP contribution >= 0.6 is 23.2 Å². The fourth-order valence-electron chi connectivity index (χ4n) is 2.41. The Morgan fingerprint density at radius 2 is 1.96 bits per heavy atom. The van der Waals surface area contributed by atoms with Crippen LogP contribution in [0.15, 0.2) is 40.2 Å². The Bertz CT molecular complexity index is 907. The summed E-state index contributed by atoms with van der Waals surface area (Å²) < 4.78 is 28.4. The first-order valence-corrected chi connectivity index (χ1v) is 9.39. The van der Waals surface area contributed by atoms with Crippen molar-refractivity contribution in [1.29, 1.82) is 0 Å². The lowest BCUT2D eigenvalue weighted by Gasteiger charge is -2.12. The number of nitrogens with zero attached hydrogens (tertiary/aromatic N) is 2. The Labute approximate surface area is 148 Å². The average Bonchev–Trinajstić information content (AvgIpc) is 3.05. The van der Waals surface area contributed by atoms with Crippen LogP contribution in [0.5, 0.6) is 0 Å². The quantitative estimate of drug-likeness (QED) is 0.819. The summed E-state index contributed by atoms with van der Waals surface area (Å²) in [6, 6.07) is 5.68. The van der Waals surface area contributed by atoms with Crippen molar-refractivity contribution in [3.05, 3.63) is 50.9 Å². The van der Waals surface area contributed by atoms with Crippen LogP contribution in [0, 0.1) is 0 Å². The Morgan fingerprint density at radius 1 is 1.25 bits per heavy atom. The van der Waals surface area contributed by atoms with Gasteiger partial charge in [-0.2, -0.15) is 9.78 Å². The zero-order valence-electron chi connectivity index (χ0n) is 12.4. The van der Waals surface area contributed by atoms with Crippen LogP contribution in [0.1, 0.15) is 6.42 Å². The summed E-state index contributed by atoms with van der Waals surface area (Å²) in [5.74, 6) is 0. The summed E-state index contributed by atoms with van der Waals surface area (Å²) in [7, 11) is -3.61. The third kappa shape index (κ3) is 3.47. The van der Waals surface area contributed by atoms with Crippen LogP contribution in [0.25, 0.3) is 5.69 Å². The smallest absolute Gasteiger partial charge is 0.291 e. The number of sulfonamides is 1. The maximum absolute atomic E-state index is 12.3. The van der Waals surface area contributed by atoms with Gasteiger partial charge in [-0.1, -0.05) is 23.2 Å². The molecule has 3 rings (SSSR count). The zero-order chi connectivity index (χ0) is 17.3. The molecule has 0 aliphatic carbocycles. The van der Waals surface area contributed by atoms with Gasteiger partial charge in [0.15, 0.2) is 0 Å². The van der Waals surface area contributed by atoms with E-state index in [1.54, 1.807) is 0 Å². The molecule has 0 spiro atoms. The molecule has 1 aromatic carbocycles. The third-order valence-electron chi connectivity index (χ3n) is 3.65. The molecule has 1 atom stereocenters. The molecule has 1 aromatic heterocycles. The van der Waals surface area contributed by atoms with Crippen LogP contribution in [0.4, 0.5) is 0 Å². The summed E-state index contributed by atoms with van der Waals surface area (Å²) in [4.78, 5) is 12.2. The lowest BCUT2D eigenvalue weighted by Crippen LogP contribution is -2.36. The van der Waals surface area contributed by atoms with E-state index in [0.29, 0.717) is 12.2 Å². The van der Waals surface area contributed by atoms with E-state index in [-0.39, 0.29) is 21.0 Å². The van der Waals surface area contributed by atoms with E-state index in [4.69, 9.17) is 23.2 Å². The van der Waals surface area contributed by atoms with Crippen LogP contribution < -0.4 is 15.6 Å². The highest BCUT2D eigenvalue weighted by atomic mass is 35.5. The van der Waals surface area contributed by atoms with Crippen molar-refractivity contribution < 1.29 is 8.42 Å². The number of hydrogen-bond donors (Lipinski definition) is 2. The lowest BCUT2D eigenvalue weighted by molar-refractivity contribution is 0.560. The lowest BCUT2D eigenvalue weighted by atomic mass is 10.3. The monoisotopic (exact) mass is 388 g/mol. The van der Waals surface area contributed by atoms with E-state index in [0.717, 1.165) is 17.6 Å². The molecule has 1 unspecified atom stereocenters. The highest BCUT2D eigenvalue weighted by Crippen LogP contribution is 2.17. The maximum Gasteiger partial charge on any atom is 0.291 e. The van der Waals surface area contributed by atoms with E-state index >= 15 is 0 Å². The molecule has 0 radical (unpaired) electrons. The molecule has 1 aliphatic heterocycles. The average molecular weight is 389 g/mol. The van der Waals surface area contributed by atoms with Crippen molar-refractivity contribution in [1.82, 2.24) is 19.8 Å². The first-order chi connectivity index (χ1) is 11.4. The highest BCUT2D eigenvalue weighted by Gasteiger charge is 2.22. The second-order valence-corrected chi connectivity index (χ2v) is 7.83. The molecule has 1 fully saturated rings. The largest absolute Gasteiger partial charge is 0.315 e. The first kappa shape index (κ1) is 17.4. The zero-order valence-corrected chi connectivity index (χ0v) is 14.7. The molecule has 0 saturated carbocycles. The first-order valence-electron chi connectivity index (χ1n) is 7.15. The molecule has 1 aliphatic rings. The van der Waals surface area contributed by atoms with Gasteiger partial charge < -0.3 is 5.32 Å². The summed E-state index contributed by atoms with van der Waals surface area (Å²) >= 11 is 11.6. The maximum atomic E-state index is 12.3. The third-order valence-corrected chi connectivity index (χ3v) is 5.94. The van der Waals surface area contributed by atoms with Gasteiger partial charge in [-0.25, -0.2) is 13.1 Å². The Morgan fingerprint density at radius 3 is 2.58 bits per heavy atom. The van der Waals surface area contributed by atoms with Crippen molar-refractivity contribution in [3.8, 4) is 5.69 Å². The van der Waals surface area contributed by atoms with Crippen molar-refractivity contribution >= 4 is 33.2 Å². The van der Waals surface area contributed by atoms with Gasteiger partial charge in [0.25, 0.3) is 5.56 Å². The number of hydrogen-bond acceptors (Lipinski definition) is 5. The molecule has 2 heterocycles. The summed E-state index contributed by atoms with van der Waals surface area (Å²) in [5, 5.41) is 6.92. The van der Waals surface area contributed by atoms with Crippen LogP contribution in [0.3, 0.4) is 0 Å². The number of halogens is 2. The minimum atomic E-state index is -3.61. The van der Waals surface area contributed by atoms with Crippen molar-refractivity contribution in [3.63, 3.8) is 0 Å². The Balaban J connectivity index is 1.88. The van der Waals surface area contributed by atoms with Crippen LogP contribution in [-0.4, -0.2) is 37.3 Å². The fraction of sp³-hybridized carbons (Fsp3) is 0.286. The van der Waals surface area contributed by atoms with E-state index < -0.39 is 15.6 Å². The molecule has 1 saturated heterocycles. The second kappa shape index (κ2) is 6.81. The van der Waals surface area contributed by atoms with Crippen LogP contribution in [0.2, 0.25) is 10.0 Å². The van der Waals surface area contributed by atoms with Gasteiger partial charge in [-0.05, 0) is 37.2 Å². The molecule has 0 bridgehead atoms. The van der Waals surface area contributed by atoms with E-state index in [2.05, 4.69) is 15.1 Å². The second-order valence-electron chi connectivity index (χ2n) is 5.33.